The normalized spacial score (nSPS) is 15.1. The second-order valence-corrected chi connectivity index (χ2v) is 6.81. The number of anilines is 1. The van der Waals surface area contributed by atoms with Crippen molar-refractivity contribution >= 4 is 5.82 Å². The first-order chi connectivity index (χ1) is 12.8. The van der Waals surface area contributed by atoms with Gasteiger partial charge in [0.05, 0.1) is 5.56 Å². The number of pyridine rings is 1. The average molecular weight is 348 g/mol. The molecule has 1 saturated carbocycles. The first-order valence-corrected chi connectivity index (χ1v) is 9.48. The summed E-state index contributed by atoms with van der Waals surface area (Å²) in [5.41, 5.74) is 3.23. The van der Waals surface area contributed by atoms with Gasteiger partial charge < -0.3 is 9.84 Å². The van der Waals surface area contributed by atoms with Crippen molar-refractivity contribution < 1.29 is 4.52 Å². The Bertz CT molecular complexity index is 850. The number of hydrogen-bond acceptors (Lipinski definition) is 5. The summed E-state index contributed by atoms with van der Waals surface area (Å²) in [7, 11) is 0. The van der Waals surface area contributed by atoms with E-state index < -0.39 is 0 Å². The van der Waals surface area contributed by atoms with E-state index >= 15 is 0 Å². The Kier molecular flexibility index (Phi) is 4.95. The summed E-state index contributed by atoms with van der Waals surface area (Å²) in [5.74, 6) is 2.58. The minimum atomic E-state index is 0.543. The number of hydrogen-bond donors (Lipinski definition) is 1. The molecule has 2 aromatic heterocycles. The van der Waals surface area contributed by atoms with Crippen LogP contribution in [0.4, 0.5) is 5.82 Å². The van der Waals surface area contributed by atoms with Gasteiger partial charge >= 0.3 is 0 Å². The Morgan fingerprint density at radius 2 is 1.88 bits per heavy atom. The Labute approximate surface area is 153 Å². The SMILES string of the molecule is CCNc1ncccc1-c1noc(-c2ccc(C3CCCCC3)cc2)n1. The topological polar surface area (TPSA) is 63.8 Å². The smallest absolute Gasteiger partial charge is 0.258 e. The lowest BCUT2D eigenvalue weighted by molar-refractivity contribution is 0.432. The predicted octanol–water partition coefficient (Wildman–Crippen LogP) is 5.28. The highest BCUT2D eigenvalue weighted by Crippen LogP contribution is 2.33. The fourth-order valence-electron chi connectivity index (χ4n) is 3.68. The molecule has 134 valence electrons. The molecule has 0 radical (unpaired) electrons. The molecular formula is C21H24N4O. The molecule has 0 spiro atoms. The standard InChI is InChI=1S/C21H24N4O/c1-2-22-19-18(9-6-14-23-19)20-24-21(26-25-20)17-12-10-16(11-13-17)15-7-4-3-5-8-15/h6,9-15H,2-5,7-8H2,1H3,(H,22,23). The van der Waals surface area contributed by atoms with Crippen molar-refractivity contribution in [3.8, 4) is 22.8 Å². The zero-order chi connectivity index (χ0) is 17.8. The van der Waals surface area contributed by atoms with Crippen LogP contribution in [0.5, 0.6) is 0 Å². The molecule has 0 amide bonds. The summed E-state index contributed by atoms with van der Waals surface area (Å²) in [5, 5.41) is 7.39. The fraction of sp³-hybridized carbons (Fsp3) is 0.381. The number of aromatic nitrogens is 3. The Morgan fingerprint density at radius 1 is 1.08 bits per heavy atom. The summed E-state index contributed by atoms with van der Waals surface area (Å²) >= 11 is 0. The molecule has 26 heavy (non-hydrogen) atoms. The summed E-state index contributed by atoms with van der Waals surface area (Å²) in [4.78, 5) is 8.94. The molecule has 0 atom stereocenters. The van der Waals surface area contributed by atoms with Crippen molar-refractivity contribution in [3.63, 3.8) is 0 Å². The second-order valence-electron chi connectivity index (χ2n) is 6.81. The Morgan fingerprint density at radius 3 is 2.65 bits per heavy atom. The van der Waals surface area contributed by atoms with Gasteiger partial charge in [-0.15, -0.1) is 0 Å². The third kappa shape index (κ3) is 3.47. The third-order valence-corrected chi connectivity index (χ3v) is 5.05. The van der Waals surface area contributed by atoms with Crippen molar-refractivity contribution in [3.05, 3.63) is 48.2 Å². The number of nitrogens with zero attached hydrogens (tertiary/aromatic N) is 3. The van der Waals surface area contributed by atoms with Crippen molar-refractivity contribution in [1.82, 2.24) is 15.1 Å². The minimum Gasteiger partial charge on any atom is -0.370 e. The van der Waals surface area contributed by atoms with Gasteiger partial charge in [-0.05, 0) is 55.5 Å². The van der Waals surface area contributed by atoms with Crippen LogP contribution in [0.25, 0.3) is 22.8 Å². The number of rotatable bonds is 5. The van der Waals surface area contributed by atoms with Gasteiger partial charge in [-0.1, -0.05) is 36.6 Å². The lowest BCUT2D eigenvalue weighted by atomic mass is 9.84. The summed E-state index contributed by atoms with van der Waals surface area (Å²) in [6.45, 7) is 2.82. The second kappa shape index (κ2) is 7.68. The summed E-state index contributed by atoms with van der Waals surface area (Å²) in [6, 6.07) is 12.4. The molecule has 0 saturated heterocycles. The lowest BCUT2D eigenvalue weighted by Gasteiger charge is -2.21. The van der Waals surface area contributed by atoms with E-state index in [2.05, 4.69) is 44.7 Å². The maximum atomic E-state index is 5.51. The maximum Gasteiger partial charge on any atom is 0.258 e. The molecule has 1 aliphatic rings. The van der Waals surface area contributed by atoms with Crippen LogP contribution in [0.15, 0.2) is 47.1 Å². The van der Waals surface area contributed by atoms with Crippen molar-refractivity contribution in [1.29, 1.82) is 0 Å². The number of nitrogens with one attached hydrogen (secondary N) is 1. The van der Waals surface area contributed by atoms with E-state index in [4.69, 9.17) is 4.52 Å². The molecule has 4 rings (SSSR count). The largest absolute Gasteiger partial charge is 0.370 e. The molecule has 0 aliphatic heterocycles. The van der Waals surface area contributed by atoms with Gasteiger partial charge in [-0.2, -0.15) is 4.98 Å². The zero-order valence-corrected chi connectivity index (χ0v) is 15.1. The van der Waals surface area contributed by atoms with Crippen LogP contribution in [0.2, 0.25) is 0 Å². The molecule has 0 unspecified atom stereocenters. The minimum absolute atomic E-state index is 0.543. The zero-order valence-electron chi connectivity index (χ0n) is 15.1. The molecule has 0 bridgehead atoms. The molecule has 5 heteroatoms. The summed E-state index contributed by atoms with van der Waals surface area (Å²) < 4.78 is 5.51. The maximum absolute atomic E-state index is 5.51. The van der Waals surface area contributed by atoms with E-state index in [1.165, 1.54) is 37.7 Å². The molecule has 1 aliphatic carbocycles. The monoisotopic (exact) mass is 348 g/mol. The summed E-state index contributed by atoms with van der Waals surface area (Å²) in [6.07, 6.45) is 8.43. The van der Waals surface area contributed by atoms with Crippen LogP contribution in [0, 0.1) is 0 Å². The molecule has 3 aromatic rings. The molecule has 1 aromatic carbocycles. The first-order valence-electron chi connectivity index (χ1n) is 9.48. The van der Waals surface area contributed by atoms with E-state index in [9.17, 15) is 0 Å². The highest BCUT2D eigenvalue weighted by Gasteiger charge is 2.17. The van der Waals surface area contributed by atoms with E-state index in [-0.39, 0.29) is 0 Å². The van der Waals surface area contributed by atoms with E-state index in [0.29, 0.717) is 17.6 Å². The Balaban J connectivity index is 1.56. The van der Waals surface area contributed by atoms with Crippen molar-refractivity contribution in [2.75, 3.05) is 11.9 Å². The fourth-order valence-corrected chi connectivity index (χ4v) is 3.68. The van der Waals surface area contributed by atoms with Gasteiger partial charge in [0, 0.05) is 18.3 Å². The predicted molar refractivity (Wildman–Crippen MR) is 103 cm³/mol. The van der Waals surface area contributed by atoms with Crippen molar-refractivity contribution in [2.24, 2.45) is 0 Å². The highest BCUT2D eigenvalue weighted by atomic mass is 16.5. The van der Waals surface area contributed by atoms with Crippen LogP contribution < -0.4 is 5.32 Å². The van der Waals surface area contributed by atoms with Gasteiger partial charge in [0.15, 0.2) is 0 Å². The quantitative estimate of drug-likeness (QED) is 0.680. The van der Waals surface area contributed by atoms with Gasteiger partial charge in [-0.25, -0.2) is 4.98 Å². The van der Waals surface area contributed by atoms with E-state index in [0.717, 1.165) is 23.5 Å². The van der Waals surface area contributed by atoms with E-state index in [1.54, 1.807) is 6.20 Å². The Hall–Kier alpha value is -2.69. The van der Waals surface area contributed by atoms with Gasteiger partial charge in [0.1, 0.15) is 5.82 Å². The molecule has 1 fully saturated rings. The highest BCUT2D eigenvalue weighted by molar-refractivity contribution is 5.70. The van der Waals surface area contributed by atoms with Crippen molar-refractivity contribution in [2.45, 2.75) is 44.9 Å². The van der Waals surface area contributed by atoms with Gasteiger partial charge in [0.2, 0.25) is 5.82 Å². The molecule has 2 heterocycles. The van der Waals surface area contributed by atoms with Crippen LogP contribution in [-0.4, -0.2) is 21.7 Å². The lowest BCUT2D eigenvalue weighted by Crippen LogP contribution is -2.04. The molecule has 5 nitrogen and oxygen atoms in total. The van der Waals surface area contributed by atoms with Crippen LogP contribution in [0.1, 0.15) is 50.5 Å². The van der Waals surface area contributed by atoms with E-state index in [1.807, 2.05) is 19.1 Å². The van der Waals surface area contributed by atoms with Gasteiger partial charge in [-0.3, -0.25) is 0 Å². The van der Waals surface area contributed by atoms with Crippen LogP contribution >= 0.6 is 0 Å². The number of benzene rings is 1. The molecular weight excluding hydrogens is 324 g/mol. The third-order valence-electron chi connectivity index (χ3n) is 5.05. The molecule has 1 N–H and O–H groups in total. The first kappa shape index (κ1) is 16.8. The average Bonchev–Trinajstić information content (AvgIpc) is 3.20. The van der Waals surface area contributed by atoms with Gasteiger partial charge in [0.25, 0.3) is 5.89 Å². The van der Waals surface area contributed by atoms with Crippen LogP contribution in [-0.2, 0) is 0 Å². The van der Waals surface area contributed by atoms with Crippen LogP contribution in [0.3, 0.4) is 0 Å².